The molecule has 2 fully saturated rings. The molecule has 2 aliphatic rings. The number of alkyl halides is 3. The van der Waals surface area contributed by atoms with Crippen LogP contribution in [0.2, 0.25) is 0 Å². The van der Waals surface area contributed by atoms with E-state index in [1.807, 2.05) is 32.2 Å². The molecule has 2 amide bonds. The minimum absolute atomic E-state index is 0.0377. The first-order chi connectivity index (χ1) is 15.7. The zero-order valence-electron chi connectivity index (χ0n) is 18.7. The number of hydrogen-bond acceptors (Lipinski definition) is 4. The number of hydrogen-bond donors (Lipinski definition) is 0. The van der Waals surface area contributed by atoms with E-state index in [0.717, 1.165) is 37.6 Å². The van der Waals surface area contributed by atoms with Crippen molar-refractivity contribution < 1.29 is 22.8 Å². The SMILES string of the molecule is CC[C@H](C)[C@H]1CN(c2ccc(C3CC3)cn2)C(=O)N1CC(=O)Cc1cc(C(F)(F)F)ccn1. The Morgan fingerprint density at radius 1 is 1.21 bits per heavy atom. The van der Waals surface area contributed by atoms with Gasteiger partial charge in [0, 0.05) is 24.6 Å². The van der Waals surface area contributed by atoms with Crippen molar-refractivity contribution in [2.75, 3.05) is 18.0 Å². The largest absolute Gasteiger partial charge is 0.416 e. The minimum Gasteiger partial charge on any atom is -0.312 e. The maximum atomic E-state index is 13.2. The van der Waals surface area contributed by atoms with Gasteiger partial charge in [0.1, 0.15) is 5.82 Å². The molecule has 0 N–H and O–H groups in total. The molecule has 2 aromatic rings. The van der Waals surface area contributed by atoms with E-state index in [4.69, 9.17) is 0 Å². The second kappa shape index (κ2) is 9.11. The van der Waals surface area contributed by atoms with E-state index in [9.17, 15) is 22.8 Å². The van der Waals surface area contributed by atoms with Crippen molar-refractivity contribution in [1.29, 1.82) is 0 Å². The zero-order chi connectivity index (χ0) is 23.8. The molecule has 1 saturated carbocycles. The lowest BCUT2D eigenvalue weighted by molar-refractivity contribution is -0.137. The average molecular weight is 461 g/mol. The summed E-state index contributed by atoms with van der Waals surface area (Å²) in [6.45, 7) is 4.28. The lowest BCUT2D eigenvalue weighted by Gasteiger charge is -2.26. The second-order valence-corrected chi connectivity index (χ2v) is 8.95. The molecule has 2 aromatic heterocycles. The Bertz CT molecular complexity index is 1020. The number of aromatic nitrogens is 2. The van der Waals surface area contributed by atoms with Crippen molar-refractivity contribution in [3.8, 4) is 0 Å². The first kappa shape index (κ1) is 23.2. The Labute approximate surface area is 190 Å². The van der Waals surface area contributed by atoms with Crippen LogP contribution in [0.3, 0.4) is 0 Å². The molecule has 0 radical (unpaired) electrons. The standard InChI is InChI=1S/C24H27F3N4O2/c1-3-15(2)21-14-31(22-7-6-17(12-29-22)16-4-5-16)23(33)30(21)13-20(32)11-19-10-18(8-9-28-19)24(25,26)27/h6-10,12,15-16,21H,3-5,11,13-14H2,1-2H3/t15-,21+/m0/s1. The molecule has 0 bridgehead atoms. The van der Waals surface area contributed by atoms with Crippen LogP contribution in [-0.4, -0.2) is 45.8 Å². The fraction of sp³-hybridized carbons (Fsp3) is 0.500. The van der Waals surface area contributed by atoms with E-state index in [2.05, 4.69) is 9.97 Å². The smallest absolute Gasteiger partial charge is 0.312 e. The predicted octanol–water partition coefficient (Wildman–Crippen LogP) is 4.84. The van der Waals surface area contributed by atoms with E-state index < -0.39 is 11.7 Å². The summed E-state index contributed by atoms with van der Waals surface area (Å²) >= 11 is 0. The summed E-state index contributed by atoms with van der Waals surface area (Å²) in [5.74, 6) is 0.894. The first-order valence-corrected chi connectivity index (χ1v) is 11.2. The van der Waals surface area contributed by atoms with Gasteiger partial charge in [0.25, 0.3) is 0 Å². The normalized spacial score (nSPS) is 19.8. The fourth-order valence-electron chi connectivity index (χ4n) is 4.21. The van der Waals surface area contributed by atoms with Crippen molar-refractivity contribution in [2.45, 2.75) is 57.7 Å². The Morgan fingerprint density at radius 2 is 1.97 bits per heavy atom. The second-order valence-electron chi connectivity index (χ2n) is 8.95. The average Bonchev–Trinajstić information content (AvgIpc) is 3.58. The molecule has 0 aromatic carbocycles. The fourth-order valence-corrected chi connectivity index (χ4v) is 4.21. The molecule has 1 aliphatic carbocycles. The van der Waals surface area contributed by atoms with Gasteiger partial charge in [0.15, 0.2) is 5.78 Å². The number of anilines is 1. The number of carbonyl (C=O) groups excluding carboxylic acids is 2. The summed E-state index contributed by atoms with van der Waals surface area (Å²) in [6, 6.07) is 5.10. The number of nitrogens with zero attached hydrogens (tertiary/aromatic N) is 4. The minimum atomic E-state index is -4.50. The van der Waals surface area contributed by atoms with Crippen LogP contribution in [0.5, 0.6) is 0 Å². The summed E-state index contributed by atoms with van der Waals surface area (Å²) in [4.78, 5) is 37.5. The zero-order valence-corrected chi connectivity index (χ0v) is 18.7. The summed E-state index contributed by atoms with van der Waals surface area (Å²) in [5.41, 5.74) is 0.363. The van der Waals surface area contributed by atoms with E-state index in [0.29, 0.717) is 18.3 Å². The third-order valence-corrected chi connectivity index (χ3v) is 6.51. The Balaban J connectivity index is 1.48. The predicted molar refractivity (Wildman–Crippen MR) is 117 cm³/mol. The number of Topliss-reactive ketones (excluding diaryl/α,β-unsaturated/α-hetero) is 1. The molecule has 0 unspecified atom stereocenters. The number of halogens is 3. The van der Waals surface area contributed by atoms with Gasteiger partial charge in [-0.1, -0.05) is 26.3 Å². The highest BCUT2D eigenvalue weighted by atomic mass is 19.4. The van der Waals surface area contributed by atoms with Crippen LogP contribution in [-0.2, 0) is 17.4 Å². The van der Waals surface area contributed by atoms with E-state index in [1.165, 1.54) is 10.5 Å². The summed E-state index contributed by atoms with van der Waals surface area (Å²) in [7, 11) is 0. The van der Waals surface area contributed by atoms with Gasteiger partial charge in [-0.25, -0.2) is 9.78 Å². The van der Waals surface area contributed by atoms with Gasteiger partial charge < -0.3 is 4.90 Å². The molecule has 0 spiro atoms. The molecular weight excluding hydrogens is 433 g/mol. The molecule has 9 heteroatoms. The summed E-state index contributed by atoms with van der Waals surface area (Å²) in [5, 5.41) is 0. The van der Waals surface area contributed by atoms with Gasteiger partial charge in [0.2, 0.25) is 0 Å². The van der Waals surface area contributed by atoms with Crippen LogP contribution in [0, 0.1) is 5.92 Å². The van der Waals surface area contributed by atoms with Crippen LogP contribution in [0.25, 0.3) is 0 Å². The lowest BCUT2D eigenvalue weighted by atomic mass is 9.98. The van der Waals surface area contributed by atoms with Gasteiger partial charge >= 0.3 is 12.2 Å². The molecule has 3 heterocycles. The van der Waals surface area contributed by atoms with Crippen molar-refractivity contribution in [2.24, 2.45) is 5.92 Å². The van der Waals surface area contributed by atoms with E-state index in [-0.39, 0.29) is 42.4 Å². The van der Waals surface area contributed by atoms with Crippen LogP contribution in [0.15, 0.2) is 36.7 Å². The number of rotatable bonds is 8. The van der Waals surface area contributed by atoms with Crippen molar-refractivity contribution in [3.63, 3.8) is 0 Å². The quantitative estimate of drug-likeness (QED) is 0.565. The van der Waals surface area contributed by atoms with Crippen LogP contribution in [0.1, 0.15) is 55.8 Å². The van der Waals surface area contributed by atoms with Gasteiger partial charge in [-0.15, -0.1) is 0 Å². The van der Waals surface area contributed by atoms with Gasteiger partial charge in [-0.3, -0.25) is 14.7 Å². The molecule has 2 atom stereocenters. The Morgan fingerprint density at radius 3 is 2.58 bits per heavy atom. The number of ketones is 1. The van der Waals surface area contributed by atoms with Gasteiger partial charge in [-0.2, -0.15) is 13.2 Å². The monoisotopic (exact) mass is 460 g/mol. The Hall–Kier alpha value is -2.97. The third-order valence-electron chi connectivity index (χ3n) is 6.51. The molecular formula is C24H27F3N4O2. The highest BCUT2D eigenvalue weighted by molar-refractivity contribution is 5.96. The number of pyridine rings is 2. The first-order valence-electron chi connectivity index (χ1n) is 11.2. The molecule has 6 nitrogen and oxygen atoms in total. The highest BCUT2D eigenvalue weighted by Gasteiger charge is 2.41. The van der Waals surface area contributed by atoms with Crippen molar-refractivity contribution in [3.05, 3.63) is 53.5 Å². The lowest BCUT2D eigenvalue weighted by Crippen LogP contribution is -2.42. The van der Waals surface area contributed by atoms with Gasteiger partial charge in [-0.05, 0) is 48.4 Å². The number of amides is 2. The van der Waals surface area contributed by atoms with Gasteiger partial charge in [0.05, 0.1) is 24.6 Å². The molecule has 176 valence electrons. The topological polar surface area (TPSA) is 66.4 Å². The third kappa shape index (κ3) is 5.17. The van der Waals surface area contributed by atoms with Crippen molar-refractivity contribution in [1.82, 2.24) is 14.9 Å². The van der Waals surface area contributed by atoms with E-state index in [1.54, 1.807) is 4.90 Å². The van der Waals surface area contributed by atoms with Crippen LogP contribution >= 0.6 is 0 Å². The Kier molecular flexibility index (Phi) is 6.41. The summed E-state index contributed by atoms with van der Waals surface area (Å²) in [6.07, 6.45) is 1.23. The molecule has 1 saturated heterocycles. The van der Waals surface area contributed by atoms with E-state index >= 15 is 0 Å². The highest BCUT2D eigenvalue weighted by Crippen LogP contribution is 2.40. The number of carbonyl (C=O) groups is 2. The van der Waals surface area contributed by atoms with Crippen molar-refractivity contribution >= 4 is 17.6 Å². The number of urea groups is 1. The molecule has 1 aliphatic heterocycles. The maximum Gasteiger partial charge on any atom is 0.416 e. The van der Waals surface area contributed by atoms with Crippen LogP contribution < -0.4 is 4.90 Å². The molecule has 33 heavy (non-hydrogen) atoms. The van der Waals surface area contributed by atoms with Crippen LogP contribution in [0.4, 0.5) is 23.8 Å². The summed E-state index contributed by atoms with van der Waals surface area (Å²) < 4.78 is 38.9. The maximum absolute atomic E-state index is 13.2. The molecule has 4 rings (SSSR count).